The Morgan fingerprint density at radius 3 is 2.30 bits per heavy atom. The number of carboxylic acids is 1. The van der Waals surface area contributed by atoms with E-state index in [1.807, 2.05) is 74.1 Å². The molecule has 1 heterocycles. The number of aromatic carboxylic acids is 1. The van der Waals surface area contributed by atoms with Crippen LogP contribution < -0.4 is 25.3 Å². The van der Waals surface area contributed by atoms with Crippen LogP contribution in [0.3, 0.4) is 0 Å². The lowest BCUT2D eigenvalue weighted by molar-refractivity contribution is -0.254. The Morgan fingerprint density at radius 2 is 1.63 bits per heavy atom. The van der Waals surface area contributed by atoms with Gasteiger partial charge in [-0.15, -0.1) is 0 Å². The van der Waals surface area contributed by atoms with Crippen LogP contribution in [-0.4, -0.2) is 92.8 Å². The molecule has 0 saturated carbocycles. The summed E-state index contributed by atoms with van der Waals surface area (Å²) in [5, 5.41) is 20.3. The molecule has 2 aromatic carbocycles. The number of azide groups is 1. The fraction of sp³-hybridized carbons (Fsp3) is 0.364. The highest BCUT2D eigenvalue weighted by atomic mass is 16.5. The molecule has 1 aliphatic carbocycles. The number of carboxylic acid groups (broad SMARTS) is 1. The number of fused-ring (bicyclic) bond motifs is 2. The van der Waals surface area contributed by atoms with Crippen LogP contribution in [0.4, 0.5) is 5.69 Å². The van der Waals surface area contributed by atoms with Gasteiger partial charge in [-0.05, 0) is 41.4 Å². The van der Waals surface area contributed by atoms with E-state index in [4.69, 9.17) is 24.2 Å². The van der Waals surface area contributed by atoms with E-state index in [1.54, 1.807) is 12.1 Å². The van der Waals surface area contributed by atoms with E-state index >= 15 is 0 Å². The molecule has 0 aromatic heterocycles. The van der Waals surface area contributed by atoms with Crippen molar-refractivity contribution in [3.63, 3.8) is 0 Å². The third-order valence-corrected chi connectivity index (χ3v) is 7.17. The van der Waals surface area contributed by atoms with E-state index in [2.05, 4.69) is 15.3 Å². The van der Waals surface area contributed by atoms with Gasteiger partial charge >= 0.3 is 0 Å². The van der Waals surface area contributed by atoms with Gasteiger partial charge in [0.2, 0.25) is 5.36 Å². The number of amides is 1. The van der Waals surface area contributed by atoms with Crippen LogP contribution in [0, 0.1) is 0 Å². The minimum atomic E-state index is -1.40. The number of anilines is 1. The summed E-state index contributed by atoms with van der Waals surface area (Å²) in [6, 6.07) is 16.1. The summed E-state index contributed by atoms with van der Waals surface area (Å²) in [5.41, 5.74) is 11.6. The Hall–Kier alpha value is -4.94. The van der Waals surface area contributed by atoms with E-state index in [9.17, 15) is 14.7 Å². The van der Waals surface area contributed by atoms with E-state index in [0.29, 0.717) is 55.5 Å². The Balaban J connectivity index is 1.48. The number of hydrogen-bond acceptors (Lipinski definition) is 9. The van der Waals surface area contributed by atoms with Crippen molar-refractivity contribution < 1.29 is 33.3 Å². The van der Waals surface area contributed by atoms with E-state index in [-0.39, 0.29) is 30.8 Å². The van der Waals surface area contributed by atoms with Gasteiger partial charge in [0, 0.05) is 77.6 Å². The number of ether oxygens (including phenoxy) is 3. The van der Waals surface area contributed by atoms with Crippen LogP contribution in [0.15, 0.2) is 64.1 Å². The Labute approximate surface area is 266 Å². The predicted molar refractivity (Wildman–Crippen MR) is 173 cm³/mol. The Bertz CT molecular complexity index is 1770. The molecular formula is C33H38N6O7. The summed E-state index contributed by atoms with van der Waals surface area (Å²) < 4.78 is 24.4. The summed E-state index contributed by atoms with van der Waals surface area (Å²) in [5.74, 6) is -1.24. The highest BCUT2D eigenvalue weighted by Gasteiger charge is 2.22. The van der Waals surface area contributed by atoms with Gasteiger partial charge in [-0.1, -0.05) is 11.2 Å². The SMILES string of the molecule is CN(C)c1ccc2c(-c3ccc(C(=O)NCCOCCOCCOCCN=[N+]=[N-])cc3C(=O)[O-])c3ccc(=[N+](C)C)cc-3oc2c1. The fourth-order valence-corrected chi connectivity index (χ4v) is 4.82. The van der Waals surface area contributed by atoms with Crippen LogP contribution in [0.5, 0.6) is 0 Å². The highest BCUT2D eigenvalue weighted by Crippen LogP contribution is 2.42. The molecule has 13 nitrogen and oxygen atoms in total. The largest absolute Gasteiger partial charge is 0.545 e. The molecule has 46 heavy (non-hydrogen) atoms. The third-order valence-electron chi connectivity index (χ3n) is 7.17. The van der Waals surface area contributed by atoms with Gasteiger partial charge in [-0.2, -0.15) is 0 Å². The predicted octanol–water partition coefficient (Wildman–Crippen LogP) is 2.76. The summed E-state index contributed by atoms with van der Waals surface area (Å²) >= 11 is 0. The summed E-state index contributed by atoms with van der Waals surface area (Å²) in [4.78, 5) is 30.0. The first-order valence-electron chi connectivity index (χ1n) is 14.8. The van der Waals surface area contributed by atoms with Gasteiger partial charge in [0.25, 0.3) is 5.91 Å². The second-order valence-electron chi connectivity index (χ2n) is 10.7. The van der Waals surface area contributed by atoms with Gasteiger partial charge in [-0.25, -0.2) is 4.58 Å². The first-order valence-corrected chi connectivity index (χ1v) is 14.8. The van der Waals surface area contributed by atoms with Gasteiger partial charge in [-0.3, -0.25) is 4.79 Å². The molecule has 0 unspecified atom stereocenters. The van der Waals surface area contributed by atoms with Crippen molar-refractivity contribution in [3.05, 3.63) is 81.5 Å². The first kappa shape index (κ1) is 33.9. The van der Waals surface area contributed by atoms with Crippen molar-refractivity contribution in [3.8, 4) is 22.5 Å². The minimum Gasteiger partial charge on any atom is -0.545 e. The number of carbonyl (C=O) groups excluding carboxylic acids is 2. The molecule has 4 rings (SSSR count). The number of nitrogens with zero attached hydrogens (tertiary/aromatic N) is 5. The van der Waals surface area contributed by atoms with Gasteiger partial charge in [0.05, 0.1) is 51.7 Å². The second kappa shape index (κ2) is 16.4. The highest BCUT2D eigenvalue weighted by molar-refractivity contribution is 6.08. The van der Waals surface area contributed by atoms with Crippen molar-refractivity contribution in [2.75, 3.05) is 85.8 Å². The lowest BCUT2D eigenvalue weighted by Crippen LogP contribution is -2.29. The molecule has 0 radical (unpaired) electrons. The average molecular weight is 631 g/mol. The zero-order valence-electron chi connectivity index (χ0n) is 26.4. The van der Waals surface area contributed by atoms with E-state index in [1.165, 1.54) is 6.07 Å². The van der Waals surface area contributed by atoms with Crippen molar-refractivity contribution in [1.29, 1.82) is 0 Å². The van der Waals surface area contributed by atoms with Crippen LogP contribution in [0.1, 0.15) is 20.7 Å². The second-order valence-corrected chi connectivity index (χ2v) is 10.7. The topological polar surface area (TPSA) is 165 Å². The standard InChI is InChI=1S/C33H38N6O7/c1-38(2)23-6-9-26-29(20-23)46-30-21-24(39(3)4)7-10-27(30)31(26)25-8-5-22(19-28(25)33(41)42)32(40)35-11-13-43-15-17-45-18-16-44-14-12-36-37-34/h5-10,19-21H,11-18H2,1-4H3,(H-,35,40,41,42). The van der Waals surface area contributed by atoms with Gasteiger partial charge in [0.15, 0.2) is 0 Å². The maximum absolute atomic E-state index is 12.9. The van der Waals surface area contributed by atoms with Crippen molar-refractivity contribution in [2.24, 2.45) is 5.11 Å². The molecule has 2 aromatic rings. The Morgan fingerprint density at radius 1 is 0.935 bits per heavy atom. The molecule has 1 aliphatic heterocycles. The van der Waals surface area contributed by atoms with E-state index < -0.39 is 11.9 Å². The van der Waals surface area contributed by atoms with Gasteiger partial charge in [0.1, 0.15) is 25.4 Å². The van der Waals surface area contributed by atoms with Crippen molar-refractivity contribution in [1.82, 2.24) is 9.89 Å². The van der Waals surface area contributed by atoms with Crippen LogP contribution in [0.2, 0.25) is 0 Å². The zero-order chi connectivity index (χ0) is 33.1. The molecule has 1 amide bonds. The first-order chi connectivity index (χ1) is 22.2. The van der Waals surface area contributed by atoms with Crippen LogP contribution >= 0.6 is 0 Å². The maximum atomic E-state index is 12.9. The van der Waals surface area contributed by atoms with Gasteiger partial charge < -0.3 is 38.7 Å². The third kappa shape index (κ3) is 8.61. The lowest BCUT2D eigenvalue weighted by Gasteiger charge is -2.20. The maximum Gasteiger partial charge on any atom is 0.251 e. The molecule has 0 atom stereocenters. The molecule has 1 N–H and O–H groups in total. The van der Waals surface area contributed by atoms with Crippen molar-refractivity contribution >= 4 is 28.5 Å². The molecule has 2 aliphatic rings. The normalized spacial score (nSPS) is 11.0. The average Bonchev–Trinajstić information content (AvgIpc) is 3.04. The summed E-state index contributed by atoms with van der Waals surface area (Å²) in [7, 11) is 7.74. The number of carbonyl (C=O) groups is 2. The summed E-state index contributed by atoms with van der Waals surface area (Å²) in [6.07, 6.45) is 0. The molecule has 13 heteroatoms. The zero-order valence-corrected chi connectivity index (χ0v) is 26.4. The molecule has 0 spiro atoms. The quantitative estimate of drug-likeness (QED) is 0.0493. The number of nitrogens with one attached hydrogen (secondary N) is 1. The Kier molecular flexibility index (Phi) is 12.1. The monoisotopic (exact) mass is 630 g/mol. The number of benzene rings is 3. The minimum absolute atomic E-state index is 0.106. The smallest absolute Gasteiger partial charge is 0.251 e. The van der Waals surface area contributed by atoms with Crippen molar-refractivity contribution in [2.45, 2.75) is 0 Å². The number of rotatable bonds is 16. The molecule has 242 valence electrons. The summed E-state index contributed by atoms with van der Waals surface area (Å²) in [6.45, 7) is 2.53. The number of hydrogen-bond donors (Lipinski definition) is 1. The molecule has 0 fully saturated rings. The molecule has 0 bridgehead atoms. The fourth-order valence-electron chi connectivity index (χ4n) is 4.82. The van der Waals surface area contributed by atoms with E-state index in [0.717, 1.165) is 22.0 Å². The molecule has 0 saturated heterocycles. The van der Waals surface area contributed by atoms with Crippen LogP contribution in [0.25, 0.3) is 43.9 Å². The lowest BCUT2D eigenvalue weighted by atomic mass is 9.89. The molecular weight excluding hydrogens is 592 g/mol. The van der Waals surface area contributed by atoms with Crippen LogP contribution in [-0.2, 0) is 14.2 Å².